The summed E-state index contributed by atoms with van der Waals surface area (Å²) in [5.41, 5.74) is 0.0416. The number of hydrogen-bond acceptors (Lipinski definition) is 5. The lowest BCUT2D eigenvalue weighted by Crippen LogP contribution is -2.40. The van der Waals surface area contributed by atoms with E-state index in [4.69, 9.17) is 4.84 Å². The molecule has 1 unspecified atom stereocenters. The van der Waals surface area contributed by atoms with Crippen LogP contribution in [0.15, 0.2) is 41.0 Å². The van der Waals surface area contributed by atoms with Crippen LogP contribution in [0.1, 0.15) is 18.9 Å². The highest BCUT2D eigenvalue weighted by Crippen LogP contribution is 2.28. The van der Waals surface area contributed by atoms with E-state index in [1.807, 2.05) is 0 Å². The fraction of sp³-hybridized carbons (Fsp3) is 0.214. The molecular formula is C14H12FN3O2S. The second kappa shape index (κ2) is 5.25. The van der Waals surface area contributed by atoms with E-state index in [1.54, 1.807) is 30.6 Å². The van der Waals surface area contributed by atoms with Crippen molar-refractivity contribution in [1.82, 2.24) is 4.98 Å². The van der Waals surface area contributed by atoms with Crippen LogP contribution in [0.3, 0.4) is 0 Å². The van der Waals surface area contributed by atoms with Crippen molar-refractivity contribution >= 4 is 28.1 Å². The van der Waals surface area contributed by atoms with E-state index in [2.05, 4.69) is 15.5 Å². The van der Waals surface area contributed by atoms with E-state index >= 15 is 0 Å². The van der Waals surface area contributed by atoms with Gasteiger partial charge in [-0.3, -0.25) is 10.1 Å². The van der Waals surface area contributed by atoms with E-state index in [0.29, 0.717) is 16.4 Å². The van der Waals surface area contributed by atoms with Crippen molar-refractivity contribution in [1.29, 1.82) is 0 Å². The number of amides is 1. The maximum atomic E-state index is 13.2. The molecule has 5 nitrogen and oxygen atoms in total. The molecule has 1 aliphatic heterocycles. The zero-order valence-corrected chi connectivity index (χ0v) is 12.0. The quantitative estimate of drug-likeness (QED) is 0.948. The summed E-state index contributed by atoms with van der Waals surface area (Å²) in [5.74, 6) is -0.677. The average Bonchev–Trinajstić information content (AvgIpc) is 3.09. The van der Waals surface area contributed by atoms with Gasteiger partial charge in [-0.1, -0.05) is 17.3 Å². The topological polar surface area (TPSA) is 63.6 Å². The van der Waals surface area contributed by atoms with Gasteiger partial charge in [0.2, 0.25) is 5.60 Å². The van der Waals surface area contributed by atoms with E-state index in [9.17, 15) is 9.18 Å². The number of nitrogens with zero attached hydrogens (tertiary/aromatic N) is 2. The molecule has 1 N–H and O–H groups in total. The van der Waals surface area contributed by atoms with Crippen molar-refractivity contribution in [2.45, 2.75) is 18.9 Å². The summed E-state index contributed by atoms with van der Waals surface area (Å²) in [6.07, 6.45) is 1.88. The second-order valence-corrected chi connectivity index (χ2v) is 5.73. The first-order valence-corrected chi connectivity index (χ1v) is 7.17. The molecule has 21 heavy (non-hydrogen) atoms. The SMILES string of the molecule is CC1(C(=O)Nc2nccs2)CC(c2cccc(F)c2)=NO1. The number of hydrogen-bond donors (Lipinski definition) is 1. The van der Waals surface area contributed by atoms with Gasteiger partial charge < -0.3 is 4.84 Å². The summed E-state index contributed by atoms with van der Waals surface area (Å²) < 4.78 is 13.2. The Hall–Kier alpha value is -2.28. The Labute approximate surface area is 124 Å². The summed E-state index contributed by atoms with van der Waals surface area (Å²) in [6, 6.07) is 6.05. The minimum absolute atomic E-state index is 0.271. The number of anilines is 1. The lowest BCUT2D eigenvalue weighted by molar-refractivity contribution is -0.135. The molecular weight excluding hydrogens is 293 g/mol. The van der Waals surface area contributed by atoms with Crippen molar-refractivity contribution in [3.8, 4) is 0 Å². The van der Waals surface area contributed by atoms with Crippen molar-refractivity contribution in [3.63, 3.8) is 0 Å². The predicted octanol–water partition coefficient (Wildman–Crippen LogP) is 2.80. The zero-order chi connectivity index (χ0) is 14.9. The Morgan fingerprint density at radius 3 is 3.10 bits per heavy atom. The molecule has 0 aliphatic carbocycles. The third-order valence-electron chi connectivity index (χ3n) is 3.15. The second-order valence-electron chi connectivity index (χ2n) is 4.84. The molecule has 0 radical (unpaired) electrons. The summed E-state index contributed by atoms with van der Waals surface area (Å²) in [7, 11) is 0. The fourth-order valence-electron chi connectivity index (χ4n) is 2.00. The highest BCUT2D eigenvalue weighted by molar-refractivity contribution is 7.13. The normalized spacial score (nSPS) is 20.8. The van der Waals surface area contributed by atoms with Crippen LogP contribution in [0.5, 0.6) is 0 Å². The van der Waals surface area contributed by atoms with Crippen LogP contribution in [0.25, 0.3) is 0 Å². The van der Waals surface area contributed by atoms with Crippen LogP contribution in [0, 0.1) is 5.82 Å². The number of thiazole rings is 1. The summed E-state index contributed by atoms with van der Waals surface area (Å²) >= 11 is 1.32. The molecule has 0 spiro atoms. The van der Waals surface area contributed by atoms with Crippen molar-refractivity contribution in [2.24, 2.45) is 5.16 Å². The first-order chi connectivity index (χ1) is 10.1. The van der Waals surface area contributed by atoms with Gasteiger partial charge in [-0.2, -0.15) is 0 Å². The van der Waals surface area contributed by atoms with E-state index in [-0.39, 0.29) is 18.1 Å². The molecule has 0 saturated carbocycles. The number of oxime groups is 1. The number of benzene rings is 1. The molecule has 0 saturated heterocycles. The molecule has 1 aliphatic rings. The van der Waals surface area contributed by atoms with E-state index < -0.39 is 5.60 Å². The van der Waals surface area contributed by atoms with Gasteiger partial charge in [0.1, 0.15) is 5.82 Å². The van der Waals surface area contributed by atoms with E-state index in [1.165, 1.54) is 23.5 Å². The number of carbonyl (C=O) groups excluding carboxylic acids is 1. The molecule has 1 amide bonds. The predicted molar refractivity (Wildman–Crippen MR) is 77.8 cm³/mol. The molecule has 1 aromatic carbocycles. The standard InChI is InChI=1S/C14H12FN3O2S/c1-14(12(19)17-13-16-5-6-21-13)8-11(18-20-14)9-3-2-4-10(15)7-9/h2-7H,8H2,1H3,(H,16,17,19). The molecule has 2 heterocycles. The lowest BCUT2D eigenvalue weighted by atomic mass is 9.95. The first-order valence-electron chi connectivity index (χ1n) is 6.29. The minimum Gasteiger partial charge on any atom is -0.379 e. The minimum atomic E-state index is -1.12. The lowest BCUT2D eigenvalue weighted by Gasteiger charge is -2.19. The Kier molecular flexibility index (Phi) is 3.42. The van der Waals surface area contributed by atoms with Crippen molar-refractivity contribution < 1.29 is 14.0 Å². The van der Waals surface area contributed by atoms with Crippen molar-refractivity contribution in [3.05, 3.63) is 47.2 Å². The molecule has 1 aromatic heterocycles. The monoisotopic (exact) mass is 305 g/mol. The first kappa shape index (κ1) is 13.7. The number of halogens is 1. The number of carbonyl (C=O) groups is 1. The Morgan fingerprint density at radius 2 is 2.38 bits per heavy atom. The van der Waals surface area contributed by atoms with Gasteiger partial charge in [-0.15, -0.1) is 11.3 Å². The van der Waals surface area contributed by atoms with E-state index in [0.717, 1.165) is 0 Å². The molecule has 1 atom stereocenters. The number of rotatable bonds is 3. The van der Waals surface area contributed by atoms with Crippen LogP contribution in [0.4, 0.5) is 9.52 Å². The zero-order valence-electron chi connectivity index (χ0n) is 11.2. The summed E-state index contributed by atoms with van der Waals surface area (Å²) in [6.45, 7) is 1.64. The van der Waals surface area contributed by atoms with Crippen LogP contribution in [-0.2, 0) is 9.63 Å². The Balaban J connectivity index is 1.73. The highest BCUT2D eigenvalue weighted by atomic mass is 32.1. The molecule has 0 fully saturated rings. The van der Waals surface area contributed by atoms with Crippen LogP contribution in [-0.4, -0.2) is 22.2 Å². The number of aromatic nitrogens is 1. The molecule has 7 heteroatoms. The summed E-state index contributed by atoms with van der Waals surface area (Å²) in [4.78, 5) is 21.5. The summed E-state index contributed by atoms with van der Waals surface area (Å²) in [5, 5.41) is 8.88. The molecule has 3 rings (SSSR count). The van der Waals surface area contributed by atoms with Gasteiger partial charge >= 0.3 is 0 Å². The van der Waals surface area contributed by atoms with Gasteiger partial charge in [0.05, 0.1) is 5.71 Å². The Morgan fingerprint density at radius 1 is 1.52 bits per heavy atom. The maximum Gasteiger partial charge on any atom is 0.273 e. The van der Waals surface area contributed by atoms with Crippen LogP contribution in [0.2, 0.25) is 0 Å². The Bertz CT molecular complexity index is 702. The van der Waals surface area contributed by atoms with Gasteiger partial charge in [0, 0.05) is 23.6 Å². The maximum absolute atomic E-state index is 13.2. The smallest absolute Gasteiger partial charge is 0.273 e. The van der Waals surface area contributed by atoms with Crippen LogP contribution >= 0.6 is 11.3 Å². The molecule has 2 aromatic rings. The fourth-order valence-corrected chi connectivity index (χ4v) is 2.52. The van der Waals surface area contributed by atoms with Crippen molar-refractivity contribution in [2.75, 3.05) is 5.32 Å². The molecule has 108 valence electrons. The third-order valence-corrected chi connectivity index (χ3v) is 3.84. The largest absolute Gasteiger partial charge is 0.379 e. The number of nitrogens with one attached hydrogen (secondary N) is 1. The van der Waals surface area contributed by atoms with Crippen LogP contribution < -0.4 is 5.32 Å². The average molecular weight is 305 g/mol. The van der Waals surface area contributed by atoms with Gasteiger partial charge in [-0.05, 0) is 19.1 Å². The van der Waals surface area contributed by atoms with Gasteiger partial charge in [0.15, 0.2) is 5.13 Å². The van der Waals surface area contributed by atoms with Gasteiger partial charge in [-0.25, -0.2) is 9.37 Å². The third kappa shape index (κ3) is 2.78. The van der Waals surface area contributed by atoms with Gasteiger partial charge in [0.25, 0.3) is 5.91 Å². The molecule has 0 bridgehead atoms. The highest BCUT2D eigenvalue weighted by Gasteiger charge is 2.42.